The number of rotatable bonds is 2. The molecule has 2 aromatic carbocycles. The van der Waals surface area contributed by atoms with Gasteiger partial charge in [-0.05, 0) is 59.9 Å². The molecule has 0 aliphatic heterocycles. The van der Waals surface area contributed by atoms with Crippen molar-refractivity contribution in [2.45, 2.75) is 42.9 Å². The van der Waals surface area contributed by atoms with Crippen molar-refractivity contribution in [3.05, 3.63) is 63.8 Å². The summed E-state index contributed by atoms with van der Waals surface area (Å²) in [7, 11) is -4.22. The molecule has 0 saturated heterocycles. The molecule has 0 amide bonds. The summed E-state index contributed by atoms with van der Waals surface area (Å²) < 4.78 is 44.3. The third-order valence-corrected chi connectivity index (χ3v) is 6.11. The van der Waals surface area contributed by atoms with Gasteiger partial charge in [0.25, 0.3) is 0 Å². The van der Waals surface area contributed by atoms with Crippen LogP contribution in [0.2, 0.25) is 0 Å². The van der Waals surface area contributed by atoms with Crippen molar-refractivity contribution < 1.29 is 22.3 Å². The summed E-state index contributed by atoms with van der Waals surface area (Å²) in [6.07, 6.45) is 0. The molecule has 3 aromatic rings. The fraction of sp³-hybridized carbons (Fsp3) is 0.250. The summed E-state index contributed by atoms with van der Waals surface area (Å²) in [6, 6.07) is 7.65. The minimum atomic E-state index is -4.22. The van der Waals surface area contributed by atoms with Crippen LogP contribution in [0.4, 0.5) is 4.39 Å². The van der Waals surface area contributed by atoms with Crippen molar-refractivity contribution in [3.8, 4) is 5.75 Å². The van der Waals surface area contributed by atoms with Crippen molar-refractivity contribution in [1.82, 2.24) is 0 Å². The zero-order valence-electron chi connectivity index (χ0n) is 15.3. The van der Waals surface area contributed by atoms with Gasteiger partial charge >= 0.3 is 5.63 Å². The predicted molar refractivity (Wildman–Crippen MR) is 99.4 cm³/mol. The van der Waals surface area contributed by atoms with Crippen LogP contribution in [-0.2, 0) is 15.3 Å². The molecule has 0 aliphatic rings. The molecule has 0 fully saturated rings. The summed E-state index contributed by atoms with van der Waals surface area (Å²) in [5.74, 6) is -0.782. The first-order valence-electron chi connectivity index (χ1n) is 8.24. The molecule has 27 heavy (non-hydrogen) atoms. The van der Waals surface area contributed by atoms with E-state index in [-0.39, 0.29) is 32.6 Å². The Kier molecular flexibility index (Phi) is 4.38. The minimum absolute atomic E-state index is 0.0813. The molecule has 7 heteroatoms. The number of hydrogen-bond acceptors (Lipinski definition) is 5. The largest absolute Gasteiger partial charge is 0.504 e. The lowest BCUT2D eigenvalue weighted by molar-refractivity contribution is 0.449. The summed E-state index contributed by atoms with van der Waals surface area (Å²) >= 11 is 0. The number of sulfone groups is 1. The molecule has 0 bridgehead atoms. The second-order valence-electron chi connectivity index (χ2n) is 7.48. The zero-order valence-corrected chi connectivity index (χ0v) is 16.1. The number of phenolic OH excluding ortho intramolecular Hbond substituents is 1. The molecule has 1 aromatic heterocycles. The summed E-state index contributed by atoms with van der Waals surface area (Å²) in [5.41, 5.74) is -0.587. The van der Waals surface area contributed by atoms with Crippen molar-refractivity contribution in [1.29, 1.82) is 0 Å². The van der Waals surface area contributed by atoms with Crippen LogP contribution in [0.15, 0.2) is 55.4 Å². The van der Waals surface area contributed by atoms with E-state index >= 15 is 0 Å². The number of hydrogen-bond donors (Lipinski definition) is 1. The maximum atomic E-state index is 13.5. The van der Waals surface area contributed by atoms with E-state index in [2.05, 4.69) is 0 Å². The summed E-state index contributed by atoms with van der Waals surface area (Å²) in [6.45, 7) is 7.24. The molecule has 5 nitrogen and oxygen atoms in total. The Balaban J connectivity index is 2.29. The standard InChI is InChI=1S/C20H19FO5S/c1-11-7-14(5-6-15(11)21)27(24,25)17-9-12-8-13(20(2,3)4)10-16(22)18(12)26-19(17)23/h5-10,22H,1-4H3. The van der Waals surface area contributed by atoms with Gasteiger partial charge in [0.2, 0.25) is 9.84 Å². The highest BCUT2D eigenvalue weighted by atomic mass is 32.2. The van der Waals surface area contributed by atoms with E-state index in [9.17, 15) is 22.7 Å². The van der Waals surface area contributed by atoms with Gasteiger partial charge in [-0.15, -0.1) is 0 Å². The average Bonchev–Trinajstić information content (AvgIpc) is 2.56. The fourth-order valence-corrected chi connectivity index (χ4v) is 4.10. The first kappa shape index (κ1) is 19.1. The van der Waals surface area contributed by atoms with Gasteiger partial charge in [-0.3, -0.25) is 0 Å². The molecule has 3 rings (SSSR count). The first-order valence-corrected chi connectivity index (χ1v) is 9.72. The monoisotopic (exact) mass is 390 g/mol. The molecule has 0 radical (unpaired) electrons. The van der Waals surface area contributed by atoms with Crippen LogP contribution in [0.1, 0.15) is 31.9 Å². The van der Waals surface area contributed by atoms with Crippen LogP contribution >= 0.6 is 0 Å². The van der Waals surface area contributed by atoms with Crippen molar-refractivity contribution in [3.63, 3.8) is 0 Å². The second kappa shape index (κ2) is 6.20. The van der Waals surface area contributed by atoms with Crippen molar-refractivity contribution in [2.75, 3.05) is 0 Å². The molecular formula is C20H19FO5S. The van der Waals surface area contributed by atoms with E-state index in [1.807, 2.05) is 20.8 Å². The number of benzene rings is 2. The average molecular weight is 390 g/mol. The highest BCUT2D eigenvalue weighted by Gasteiger charge is 2.25. The molecule has 0 aliphatic carbocycles. The van der Waals surface area contributed by atoms with Gasteiger partial charge in [0, 0.05) is 5.39 Å². The minimum Gasteiger partial charge on any atom is -0.504 e. The number of fused-ring (bicyclic) bond motifs is 1. The summed E-state index contributed by atoms with van der Waals surface area (Å²) in [4.78, 5) is 11.5. The molecule has 0 atom stereocenters. The van der Waals surface area contributed by atoms with Gasteiger partial charge in [0.1, 0.15) is 5.82 Å². The van der Waals surface area contributed by atoms with E-state index in [0.29, 0.717) is 0 Å². The van der Waals surface area contributed by atoms with Crippen molar-refractivity contribution >= 4 is 20.8 Å². The highest BCUT2D eigenvalue weighted by Crippen LogP contribution is 2.33. The SMILES string of the molecule is Cc1cc(S(=O)(=O)c2cc3cc(C(C)(C)C)cc(O)c3oc2=O)ccc1F. The lowest BCUT2D eigenvalue weighted by Crippen LogP contribution is -2.15. The van der Waals surface area contributed by atoms with E-state index in [1.54, 1.807) is 6.07 Å². The van der Waals surface area contributed by atoms with E-state index in [0.717, 1.165) is 23.8 Å². The molecule has 0 spiro atoms. The third kappa shape index (κ3) is 3.35. The van der Waals surface area contributed by atoms with Gasteiger partial charge in [-0.1, -0.05) is 20.8 Å². The smallest absolute Gasteiger partial charge is 0.355 e. The topological polar surface area (TPSA) is 84.6 Å². The van der Waals surface area contributed by atoms with Crippen LogP contribution in [0.25, 0.3) is 11.0 Å². The maximum Gasteiger partial charge on any atom is 0.355 e. The fourth-order valence-electron chi connectivity index (χ4n) is 2.73. The quantitative estimate of drug-likeness (QED) is 0.527. The Morgan fingerprint density at radius 1 is 1.07 bits per heavy atom. The summed E-state index contributed by atoms with van der Waals surface area (Å²) in [5, 5.41) is 10.5. The normalized spacial score (nSPS) is 12.5. The van der Waals surface area contributed by atoms with Crippen molar-refractivity contribution in [2.24, 2.45) is 0 Å². The molecule has 1 heterocycles. The Morgan fingerprint density at radius 2 is 1.74 bits per heavy atom. The number of aryl methyl sites for hydroxylation is 1. The lowest BCUT2D eigenvalue weighted by atomic mass is 9.86. The third-order valence-electron chi connectivity index (χ3n) is 4.38. The second-order valence-corrected chi connectivity index (χ2v) is 9.39. The Labute approximate surface area is 156 Å². The van der Waals surface area contributed by atoms with E-state index in [1.165, 1.54) is 19.1 Å². The lowest BCUT2D eigenvalue weighted by Gasteiger charge is -2.19. The highest BCUT2D eigenvalue weighted by molar-refractivity contribution is 7.91. The van der Waals surface area contributed by atoms with Gasteiger partial charge < -0.3 is 9.52 Å². The molecule has 0 unspecified atom stereocenters. The zero-order chi connectivity index (χ0) is 20.1. The van der Waals surface area contributed by atoms with Crippen LogP contribution in [0.5, 0.6) is 5.75 Å². The Hall–Kier alpha value is -2.67. The van der Waals surface area contributed by atoms with Gasteiger partial charge in [-0.2, -0.15) is 0 Å². The van der Waals surface area contributed by atoms with Crippen LogP contribution in [0.3, 0.4) is 0 Å². The number of halogens is 1. The van der Waals surface area contributed by atoms with E-state index in [4.69, 9.17) is 4.42 Å². The van der Waals surface area contributed by atoms with Crippen LogP contribution in [0, 0.1) is 12.7 Å². The predicted octanol–water partition coefficient (Wildman–Crippen LogP) is 4.08. The van der Waals surface area contributed by atoms with Gasteiger partial charge in [0.05, 0.1) is 4.90 Å². The number of aromatic hydroxyl groups is 1. The molecule has 0 saturated carbocycles. The molecular weight excluding hydrogens is 371 g/mol. The molecule has 1 N–H and O–H groups in total. The first-order chi connectivity index (χ1) is 12.4. The Bertz CT molecular complexity index is 1220. The number of phenols is 1. The van der Waals surface area contributed by atoms with Crippen LogP contribution < -0.4 is 5.63 Å². The van der Waals surface area contributed by atoms with E-state index < -0.39 is 26.2 Å². The molecule has 142 valence electrons. The Morgan fingerprint density at radius 3 is 2.33 bits per heavy atom. The van der Waals surface area contributed by atoms with Gasteiger partial charge in [-0.25, -0.2) is 17.6 Å². The maximum absolute atomic E-state index is 13.5. The van der Waals surface area contributed by atoms with Crippen LogP contribution in [-0.4, -0.2) is 13.5 Å². The van der Waals surface area contributed by atoms with Gasteiger partial charge in [0.15, 0.2) is 16.2 Å².